The van der Waals surface area contributed by atoms with Gasteiger partial charge in [0.1, 0.15) is 0 Å². The molecule has 0 amide bonds. The van der Waals surface area contributed by atoms with Crippen LogP contribution in [0, 0.1) is 0 Å². The second kappa shape index (κ2) is 4.85. The maximum Gasteiger partial charge on any atom is 0.0745 e. The van der Waals surface area contributed by atoms with Crippen molar-refractivity contribution in [1.82, 2.24) is 0 Å². The fourth-order valence-electron chi connectivity index (χ4n) is 2.16. The van der Waals surface area contributed by atoms with Gasteiger partial charge in [-0.1, -0.05) is 37.0 Å². The number of rotatable bonds is 2. The van der Waals surface area contributed by atoms with Crippen LogP contribution in [0.3, 0.4) is 0 Å². The average Bonchev–Trinajstić information content (AvgIpc) is 2.69. The van der Waals surface area contributed by atoms with Crippen molar-refractivity contribution in [3.63, 3.8) is 0 Å². The molecule has 1 heterocycles. The zero-order valence-electron chi connectivity index (χ0n) is 9.76. The predicted octanol–water partition coefficient (Wildman–Crippen LogP) is 4.72. The van der Waals surface area contributed by atoms with Crippen molar-refractivity contribution in [2.75, 3.05) is 18.0 Å². The number of anilines is 1. The first-order valence-corrected chi connectivity index (χ1v) is 6.59. The van der Waals surface area contributed by atoms with Crippen LogP contribution in [-0.2, 0) is 0 Å². The van der Waals surface area contributed by atoms with Crippen LogP contribution in [0.1, 0.15) is 38.2 Å². The Morgan fingerprint density at radius 2 is 1.56 bits per heavy atom. The lowest BCUT2D eigenvalue weighted by Gasteiger charge is -2.22. The summed E-state index contributed by atoms with van der Waals surface area (Å²) >= 11 is 12.7. The van der Waals surface area contributed by atoms with E-state index in [9.17, 15) is 0 Å². The van der Waals surface area contributed by atoms with E-state index in [-0.39, 0.29) is 0 Å². The summed E-state index contributed by atoms with van der Waals surface area (Å²) in [4.78, 5) is 2.29. The lowest BCUT2D eigenvalue weighted by atomic mass is 10.0. The fraction of sp³-hybridized carbons (Fsp3) is 0.538. The molecule has 1 aliphatic heterocycles. The molecule has 1 aliphatic rings. The van der Waals surface area contributed by atoms with Crippen LogP contribution in [0.2, 0.25) is 10.0 Å². The molecule has 0 saturated carbocycles. The van der Waals surface area contributed by atoms with Crippen LogP contribution in [0.25, 0.3) is 0 Å². The minimum Gasteiger partial charge on any atom is -0.369 e. The van der Waals surface area contributed by atoms with E-state index in [1.807, 2.05) is 12.1 Å². The molecule has 1 saturated heterocycles. The normalized spacial score (nSPS) is 16.2. The van der Waals surface area contributed by atoms with Crippen molar-refractivity contribution in [2.45, 2.75) is 32.6 Å². The molecule has 0 aromatic heterocycles. The highest BCUT2D eigenvalue weighted by molar-refractivity contribution is 6.39. The molecular weight excluding hydrogens is 241 g/mol. The number of halogens is 2. The summed E-state index contributed by atoms with van der Waals surface area (Å²) in [5, 5.41) is 1.58. The van der Waals surface area contributed by atoms with Gasteiger partial charge >= 0.3 is 0 Å². The van der Waals surface area contributed by atoms with Gasteiger partial charge in [-0.2, -0.15) is 0 Å². The third kappa shape index (κ3) is 2.31. The highest BCUT2D eigenvalue weighted by Crippen LogP contribution is 2.38. The zero-order valence-corrected chi connectivity index (χ0v) is 11.3. The zero-order chi connectivity index (χ0) is 11.7. The number of hydrogen-bond donors (Lipinski definition) is 0. The summed E-state index contributed by atoms with van der Waals surface area (Å²) in [6, 6.07) is 4.09. The van der Waals surface area contributed by atoms with Gasteiger partial charge in [0.25, 0.3) is 0 Å². The molecule has 0 spiro atoms. The number of benzene rings is 1. The molecule has 2 rings (SSSR count). The molecule has 0 bridgehead atoms. The van der Waals surface area contributed by atoms with Crippen LogP contribution in [0.15, 0.2) is 12.1 Å². The third-order valence-corrected chi connectivity index (χ3v) is 3.70. The van der Waals surface area contributed by atoms with Gasteiger partial charge in [-0.3, -0.25) is 0 Å². The molecule has 3 heteroatoms. The molecule has 16 heavy (non-hydrogen) atoms. The number of hydrogen-bond acceptors (Lipinski definition) is 1. The molecule has 88 valence electrons. The molecule has 1 fully saturated rings. The first-order valence-electron chi connectivity index (χ1n) is 5.83. The summed E-state index contributed by atoms with van der Waals surface area (Å²) in [5.74, 6) is 0.461. The summed E-state index contributed by atoms with van der Waals surface area (Å²) in [5.41, 5.74) is 2.23. The maximum absolute atomic E-state index is 6.33. The van der Waals surface area contributed by atoms with Gasteiger partial charge in [-0.25, -0.2) is 0 Å². The Morgan fingerprint density at radius 3 is 2.00 bits per heavy atom. The summed E-state index contributed by atoms with van der Waals surface area (Å²) in [6.45, 7) is 6.44. The van der Waals surface area contributed by atoms with Crippen molar-refractivity contribution in [2.24, 2.45) is 0 Å². The molecule has 0 radical (unpaired) electrons. The van der Waals surface area contributed by atoms with E-state index < -0.39 is 0 Å². The van der Waals surface area contributed by atoms with Crippen LogP contribution < -0.4 is 4.90 Å². The van der Waals surface area contributed by atoms with Crippen molar-refractivity contribution in [3.8, 4) is 0 Å². The van der Waals surface area contributed by atoms with Crippen molar-refractivity contribution >= 4 is 28.9 Å². The van der Waals surface area contributed by atoms with E-state index in [4.69, 9.17) is 23.2 Å². The molecule has 0 atom stereocenters. The molecule has 1 nitrogen and oxygen atoms in total. The Hall–Kier alpha value is -0.400. The lowest BCUT2D eigenvalue weighted by Crippen LogP contribution is -2.18. The van der Waals surface area contributed by atoms with Crippen molar-refractivity contribution in [1.29, 1.82) is 0 Å². The molecule has 0 unspecified atom stereocenters. The van der Waals surface area contributed by atoms with Gasteiger partial charge in [0.2, 0.25) is 0 Å². The highest BCUT2D eigenvalue weighted by atomic mass is 35.5. The molecule has 1 aromatic rings. The second-order valence-corrected chi connectivity index (χ2v) is 5.50. The van der Waals surface area contributed by atoms with E-state index >= 15 is 0 Å². The summed E-state index contributed by atoms with van der Waals surface area (Å²) in [6.07, 6.45) is 2.47. The van der Waals surface area contributed by atoms with Gasteiger partial charge in [0.15, 0.2) is 0 Å². The lowest BCUT2D eigenvalue weighted by molar-refractivity contribution is 0.865. The highest BCUT2D eigenvalue weighted by Gasteiger charge is 2.19. The van der Waals surface area contributed by atoms with E-state index in [0.29, 0.717) is 5.92 Å². The first-order chi connectivity index (χ1) is 7.59. The predicted molar refractivity (Wildman–Crippen MR) is 72.0 cm³/mol. The summed E-state index contributed by atoms with van der Waals surface area (Å²) < 4.78 is 0. The van der Waals surface area contributed by atoms with Crippen LogP contribution in [0.5, 0.6) is 0 Å². The monoisotopic (exact) mass is 257 g/mol. The minimum absolute atomic E-state index is 0.461. The second-order valence-electron chi connectivity index (χ2n) is 4.68. The Bertz CT molecular complexity index is 359. The summed E-state index contributed by atoms with van der Waals surface area (Å²) in [7, 11) is 0. The van der Waals surface area contributed by atoms with Crippen LogP contribution >= 0.6 is 23.2 Å². The third-order valence-electron chi connectivity index (χ3n) is 3.13. The Balaban J connectivity index is 2.38. The van der Waals surface area contributed by atoms with Crippen molar-refractivity contribution in [3.05, 3.63) is 27.7 Å². The molecular formula is C13H17Cl2N. The molecule has 1 aromatic carbocycles. The van der Waals surface area contributed by atoms with E-state index in [1.54, 1.807) is 0 Å². The molecule has 0 aliphatic carbocycles. The minimum atomic E-state index is 0.461. The maximum atomic E-state index is 6.33. The quantitative estimate of drug-likeness (QED) is 0.742. The Kier molecular flexibility index (Phi) is 3.66. The van der Waals surface area contributed by atoms with Gasteiger partial charge in [-0.15, -0.1) is 0 Å². The van der Waals surface area contributed by atoms with Gasteiger partial charge in [0, 0.05) is 13.1 Å². The van der Waals surface area contributed by atoms with E-state index in [0.717, 1.165) is 28.8 Å². The van der Waals surface area contributed by atoms with Crippen LogP contribution in [0.4, 0.5) is 5.69 Å². The van der Waals surface area contributed by atoms with Crippen LogP contribution in [-0.4, -0.2) is 13.1 Å². The molecule has 0 N–H and O–H groups in total. The van der Waals surface area contributed by atoms with Gasteiger partial charge in [-0.05, 0) is 36.5 Å². The van der Waals surface area contributed by atoms with E-state index in [2.05, 4.69) is 18.7 Å². The standard InChI is InChI=1S/C13H17Cl2N/c1-9(2)10-7-11(14)13(12(15)8-10)16-5-3-4-6-16/h7-9H,3-6H2,1-2H3. The van der Waals surface area contributed by atoms with Gasteiger partial charge < -0.3 is 4.90 Å². The van der Waals surface area contributed by atoms with Crippen molar-refractivity contribution < 1.29 is 0 Å². The van der Waals surface area contributed by atoms with E-state index in [1.165, 1.54) is 18.4 Å². The topological polar surface area (TPSA) is 3.24 Å². The number of nitrogens with zero attached hydrogens (tertiary/aromatic N) is 1. The fourth-order valence-corrected chi connectivity index (χ4v) is 2.90. The first kappa shape index (κ1) is 12.1. The SMILES string of the molecule is CC(C)c1cc(Cl)c(N2CCCC2)c(Cl)c1. The Labute approximate surface area is 107 Å². The smallest absolute Gasteiger partial charge is 0.0745 e. The Morgan fingerprint density at radius 1 is 1.06 bits per heavy atom. The average molecular weight is 258 g/mol. The largest absolute Gasteiger partial charge is 0.369 e. The van der Waals surface area contributed by atoms with Gasteiger partial charge in [0.05, 0.1) is 15.7 Å².